The van der Waals surface area contributed by atoms with Crippen LogP contribution in [0.15, 0.2) is 12.1 Å². The Morgan fingerprint density at radius 1 is 1.42 bits per heavy atom. The maximum absolute atomic E-state index is 12.7. The molecule has 1 heterocycles. The third-order valence-electron chi connectivity index (χ3n) is 4.02. The van der Waals surface area contributed by atoms with Gasteiger partial charge in [-0.05, 0) is 25.0 Å². The third-order valence-corrected chi connectivity index (χ3v) is 5.24. The molecule has 5 heteroatoms. The lowest BCUT2D eigenvalue weighted by Crippen LogP contribution is -2.47. The topological polar surface area (TPSA) is 46.3 Å². The van der Waals surface area contributed by atoms with Gasteiger partial charge in [0.2, 0.25) is 5.91 Å². The number of nitrogens with zero attached hydrogens (tertiary/aromatic N) is 1. The van der Waals surface area contributed by atoms with Crippen LogP contribution in [0, 0.1) is 5.41 Å². The zero-order valence-corrected chi connectivity index (χ0v) is 12.9. The standard InChI is InChI=1S/C14H21ClN2OS/c1-17(9-11-5-6-12(15)19-11)13(18)14(10-16)7-3-2-4-8-14/h5-6H,2-4,7-10,16H2,1H3. The molecule has 0 aromatic carbocycles. The normalized spacial score (nSPS) is 18.3. The Labute approximate surface area is 123 Å². The van der Waals surface area contributed by atoms with Crippen LogP contribution in [0.3, 0.4) is 0 Å². The van der Waals surface area contributed by atoms with Crippen LogP contribution in [0.5, 0.6) is 0 Å². The van der Waals surface area contributed by atoms with Gasteiger partial charge in [-0.25, -0.2) is 0 Å². The fourth-order valence-corrected chi connectivity index (χ4v) is 4.02. The van der Waals surface area contributed by atoms with E-state index in [-0.39, 0.29) is 11.3 Å². The first-order valence-electron chi connectivity index (χ1n) is 6.77. The number of amides is 1. The number of carbonyl (C=O) groups is 1. The van der Waals surface area contributed by atoms with Crippen molar-refractivity contribution in [3.63, 3.8) is 0 Å². The Morgan fingerprint density at radius 3 is 2.63 bits per heavy atom. The van der Waals surface area contributed by atoms with Gasteiger partial charge in [-0.3, -0.25) is 4.79 Å². The first-order chi connectivity index (χ1) is 9.07. The maximum atomic E-state index is 12.7. The van der Waals surface area contributed by atoms with Crippen molar-refractivity contribution in [2.45, 2.75) is 38.6 Å². The summed E-state index contributed by atoms with van der Waals surface area (Å²) in [5.41, 5.74) is 5.58. The second-order valence-electron chi connectivity index (χ2n) is 5.41. The van der Waals surface area contributed by atoms with E-state index in [2.05, 4.69) is 0 Å². The van der Waals surface area contributed by atoms with Crippen molar-refractivity contribution in [1.29, 1.82) is 0 Å². The minimum absolute atomic E-state index is 0.194. The molecule has 1 amide bonds. The quantitative estimate of drug-likeness (QED) is 0.927. The van der Waals surface area contributed by atoms with Crippen molar-refractivity contribution in [3.05, 3.63) is 21.3 Å². The van der Waals surface area contributed by atoms with Crippen molar-refractivity contribution in [2.24, 2.45) is 11.1 Å². The van der Waals surface area contributed by atoms with E-state index < -0.39 is 0 Å². The molecule has 1 aromatic rings. The summed E-state index contributed by atoms with van der Waals surface area (Å²) in [5, 5.41) is 0. The van der Waals surface area contributed by atoms with Gasteiger partial charge in [-0.1, -0.05) is 30.9 Å². The van der Waals surface area contributed by atoms with Crippen LogP contribution in [0.1, 0.15) is 37.0 Å². The van der Waals surface area contributed by atoms with Crippen molar-refractivity contribution < 1.29 is 4.79 Å². The van der Waals surface area contributed by atoms with Crippen molar-refractivity contribution in [3.8, 4) is 0 Å². The Hall–Kier alpha value is -0.580. The second-order valence-corrected chi connectivity index (χ2v) is 7.21. The van der Waals surface area contributed by atoms with Gasteiger partial charge >= 0.3 is 0 Å². The molecule has 1 saturated carbocycles. The molecule has 2 rings (SSSR count). The second kappa shape index (κ2) is 6.25. The van der Waals surface area contributed by atoms with Gasteiger partial charge in [-0.15, -0.1) is 11.3 Å². The minimum Gasteiger partial charge on any atom is -0.340 e. The van der Waals surface area contributed by atoms with Crippen molar-refractivity contribution >= 4 is 28.8 Å². The molecule has 0 atom stereocenters. The predicted octanol–water partition coefficient (Wildman–Crippen LogP) is 3.27. The Bertz CT molecular complexity index is 440. The SMILES string of the molecule is CN(Cc1ccc(Cl)s1)C(=O)C1(CN)CCCCC1. The summed E-state index contributed by atoms with van der Waals surface area (Å²) in [5.74, 6) is 0.194. The fourth-order valence-electron chi connectivity index (χ4n) is 2.88. The highest BCUT2D eigenvalue weighted by atomic mass is 35.5. The fraction of sp³-hybridized carbons (Fsp3) is 0.643. The van der Waals surface area contributed by atoms with Gasteiger partial charge in [0, 0.05) is 18.5 Å². The average Bonchev–Trinajstić information content (AvgIpc) is 2.84. The Balaban J connectivity index is 2.04. The van der Waals surface area contributed by atoms with Gasteiger partial charge in [0.05, 0.1) is 16.3 Å². The molecule has 0 spiro atoms. The molecule has 1 aromatic heterocycles. The van der Waals surface area contributed by atoms with Gasteiger partial charge < -0.3 is 10.6 Å². The van der Waals surface area contributed by atoms with Gasteiger partial charge in [-0.2, -0.15) is 0 Å². The molecule has 0 radical (unpaired) electrons. The zero-order valence-electron chi connectivity index (χ0n) is 11.3. The summed E-state index contributed by atoms with van der Waals surface area (Å²) in [7, 11) is 1.86. The lowest BCUT2D eigenvalue weighted by molar-refractivity contribution is -0.142. The first-order valence-corrected chi connectivity index (χ1v) is 7.97. The van der Waals surface area contributed by atoms with E-state index in [4.69, 9.17) is 17.3 Å². The van der Waals surface area contributed by atoms with Crippen LogP contribution in [0.25, 0.3) is 0 Å². The number of rotatable bonds is 4. The smallest absolute Gasteiger partial charge is 0.230 e. The highest BCUT2D eigenvalue weighted by Gasteiger charge is 2.39. The molecule has 0 aliphatic heterocycles. The molecule has 0 saturated heterocycles. The Kier molecular flexibility index (Phi) is 4.87. The summed E-state index contributed by atoms with van der Waals surface area (Å²) in [4.78, 5) is 15.6. The lowest BCUT2D eigenvalue weighted by Gasteiger charge is -2.37. The average molecular weight is 301 g/mol. The highest BCUT2D eigenvalue weighted by Crippen LogP contribution is 2.37. The van der Waals surface area contributed by atoms with E-state index in [9.17, 15) is 4.79 Å². The lowest BCUT2D eigenvalue weighted by atomic mass is 9.73. The maximum Gasteiger partial charge on any atom is 0.230 e. The van der Waals surface area contributed by atoms with Gasteiger partial charge in [0.25, 0.3) is 0 Å². The van der Waals surface area contributed by atoms with Crippen LogP contribution < -0.4 is 5.73 Å². The molecule has 1 aliphatic carbocycles. The minimum atomic E-state index is -0.325. The summed E-state index contributed by atoms with van der Waals surface area (Å²) >= 11 is 7.45. The molecule has 1 aliphatic rings. The molecular formula is C14H21ClN2OS. The number of hydrogen-bond acceptors (Lipinski definition) is 3. The number of nitrogens with two attached hydrogens (primary N) is 1. The van der Waals surface area contributed by atoms with E-state index in [1.54, 1.807) is 4.90 Å². The van der Waals surface area contributed by atoms with E-state index in [1.165, 1.54) is 17.8 Å². The molecular weight excluding hydrogens is 280 g/mol. The Morgan fingerprint density at radius 2 is 2.11 bits per heavy atom. The predicted molar refractivity (Wildman–Crippen MR) is 80.4 cm³/mol. The van der Waals surface area contributed by atoms with Gasteiger partial charge in [0.1, 0.15) is 0 Å². The van der Waals surface area contributed by atoms with Crippen molar-refractivity contribution in [1.82, 2.24) is 4.90 Å². The zero-order chi connectivity index (χ0) is 13.9. The number of carbonyl (C=O) groups excluding carboxylic acids is 1. The van der Waals surface area contributed by atoms with E-state index in [1.807, 2.05) is 19.2 Å². The first kappa shape index (κ1) is 14.8. The van der Waals surface area contributed by atoms with E-state index >= 15 is 0 Å². The summed E-state index contributed by atoms with van der Waals surface area (Å²) in [6.45, 7) is 1.08. The molecule has 1 fully saturated rings. The van der Waals surface area contributed by atoms with Crippen LogP contribution in [-0.2, 0) is 11.3 Å². The van der Waals surface area contributed by atoms with E-state index in [0.717, 1.165) is 34.9 Å². The van der Waals surface area contributed by atoms with Crippen LogP contribution >= 0.6 is 22.9 Å². The molecule has 19 heavy (non-hydrogen) atoms. The molecule has 3 nitrogen and oxygen atoms in total. The van der Waals surface area contributed by atoms with Crippen LogP contribution in [0.2, 0.25) is 4.34 Å². The number of thiophene rings is 1. The van der Waals surface area contributed by atoms with Crippen LogP contribution in [0.4, 0.5) is 0 Å². The van der Waals surface area contributed by atoms with Gasteiger partial charge in [0.15, 0.2) is 0 Å². The van der Waals surface area contributed by atoms with Crippen molar-refractivity contribution in [2.75, 3.05) is 13.6 Å². The molecule has 106 valence electrons. The number of hydrogen-bond donors (Lipinski definition) is 1. The molecule has 2 N–H and O–H groups in total. The largest absolute Gasteiger partial charge is 0.340 e. The summed E-state index contributed by atoms with van der Waals surface area (Å²) < 4.78 is 0.766. The summed E-state index contributed by atoms with van der Waals surface area (Å²) in [6.07, 6.45) is 5.30. The molecule has 0 unspecified atom stereocenters. The molecule has 0 bridgehead atoms. The highest BCUT2D eigenvalue weighted by molar-refractivity contribution is 7.16. The van der Waals surface area contributed by atoms with Crippen LogP contribution in [-0.4, -0.2) is 24.4 Å². The monoisotopic (exact) mass is 300 g/mol. The van der Waals surface area contributed by atoms with E-state index in [0.29, 0.717) is 13.1 Å². The number of halogens is 1. The summed E-state index contributed by atoms with van der Waals surface area (Å²) in [6, 6.07) is 3.85. The third kappa shape index (κ3) is 3.30.